The first-order valence-corrected chi connectivity index (χ1v) is 10.3. The maximum atomic E-state index is 13.0. The minimum Gasteiger partial charge on any atom is -0.495 e. The fourth-order valence-electron chi connectivity index (χ4n) is 2.93. The SMILES string of the molecule is COc1ccc(Br)cc1S(=O)(=O)N1CCN(c2ccc(C)cc2)CC1. The Kier molecular flexibility index (Phi) is 5.36. The molecule has 5 nitrogen and oxygen atoms in total. The third kappa shape index (κ3) is 3.83. The molecule has 2 aromatic carbocycles. The van der Waals surface area contributed by atoms with E-state index in [1.54, 1.807) is 18.2 Å². The zero-order valence-electron chi connectivity index (χ0n) is 14.3. The number of aryl methyl sites for hydroxylation is 1. The van der Waals surface area contributed by atoms with Crippen LogP contribution in [0.3, 0.4) is 0 Å². The number of ether oxygens (including phenoxy) is 1. The quantitative estimate of drug-likeness (QED) is 0.755. The van der Waals surface area contributed by atoms with Crippen LogP contribution in [0.1, 0.15) is 5.56 Å². The number of piperazine rings is 1. The third-order valence-corrected chi connectivity index (χ3v) is 6.79. The third-order valence-electron chi connectivity index (χ3n) is 4.38. The molecule has 0 radical (unpaired) electrons. The first-order chi connectivity index (χ1) is 11.9. The Hall–Kier alpha value is -1.57. The molecule has 134 valence electrons. The highest BCUT2D eigenvalue weighted by Crippen LogP contribution is 2.30. The summed E-state index contributed by atoms with van der Waals surface area (Å²) >= 11 is 3.34. The lowest BCUT2D eigenvalue weighted by Gasteiger charge is -2.35. The summed E-state index contributed by atoms with van der Waals surface area (Å²) in [6.45, 7) is 4.29. The van der Waals surface area contributed by atoms with Crippen molar-refractivity contribution in [2.45, 2.75) is 11.8 Å². The zero-order valence-corrected chi connectivity index (χ0v) is 16.7. The number of methoxy groups -OCH3 is 1. The Morgan fingerprint density at radius 2 is 1.64 bits per heavy atom. The Bertz CT molecular complexity index is 845. The van der Waals surface area contributed by atoms with Gasteiger partial charge in [0.2, 0.25) is 10.0 Å². The molecule has 0 amide bonds. The number of hydrogen-bond acceptors (Lipinski definition) is 4. The van der Waals surface area contributed by atoms with Crippen LogP contribution in [0.25, 0.3) is 0 Å². The highest BCUT2D eigenvalue weighted by Gasteiger charge is 2.31. The summed E-state index contributed by atoms with van der Waals surface area (Å²) in [4.78, 5) is 2.41. The predicted octanol–water partition coefficient (Wildman–Crippen LogP) is 3.28. The summed E-state index contributed by atoms with van der Waals surface area (Å²) in [6.07, 6.45) is 0. The molecule has 25 heavy (non-hydrogen) atoms. The van der Waals surface area contributed by atoms with Crippen molar-refractivity contribution < 1.29 is 13.2 Å². The molecule has 0 aromatic heterocycles. The summed E-state index contributed by atoms with van der Waals surface area (Å²) in [5.74, 6) is 0.365. The molecule has 3 rings (SSSR count). The molecule has 0 atom stereocenters. The minimum atomic E-state index is -3.59. The smallest absolute Gasteiger partial charge is 0.246 e. The van der Waals surface area contributed by atoms with Crippen LogP contribution in [-0.2, 0) is 10.0 Å². The molecular formula is C18H21BrN2O3S. The Balaban J connectivity index is 1.78. The average Bonchev–Trinajstić information content (AvgIpc) is 2.62. The number of sulfonamides is 1. The highest BCUT2D eigenvalue weighted by molar-refractivity contribution is 9.10. The van der Waals surface area contributed by atoms with Crippen molar-refractivity contribution in [3.63, 3.8) is 0 Å². The van der Waals surface area contributed by atoms with Crippen LogP contribution in [0.2, 0.25) is 0 Å². The molecule has 0 unspecified atom stereocenters. The van der Waals surface area contributed by atoms with Gasteiger partial charge < -0.3 is 9.64 Å². The van der Waals surface area contributed by atoms with Crippen LogP contribution in [0.15, 0.2) is 51.8 Å². The summed E-state index contributed by atoms with van der Waals surface area (Å²) in [7, 11) is -2.10. The molecule has 0 spiro atoms. The fourth-order valence-corrected chi connectivity index (χ4v) is 5.05. The second-order valence-electron chi connectivity index (χ2n) is 6.02. The lowest BCUT2D eigenvalue weighted by molar-refractivity contribution is 0.374. The number of nitrogens with zero attached hydrogens (tertiary/aromatic N) is 2. The van der Waals surface area contributed by atoms with Crippen LogP contribution in [0.5, 0.6) is 5.75 Å². The number of anilines is 1. The molecule has 1 aliphatic heterocycles. The molecule has 1 fully saturated rings. The lowest BCUT2D eigenvalue weighted by atomic mass is 10.2. The largest absolute Gasteiger partial charge is 0.495 e. The molecule has 1 aliphatic rings. The van der Waals surface area contributed by atoms with Crippen molar-refractivity contribution in [1.82, 2.24) is 4.31 Å². The summed E-state index contributed by atoms with van der Waals surface area (Å²) in [6, 6.07) is 13.3. The molecule has 0 bridgehead atoms. The van der Waals surface area contributed by atoms with Crippen LogP contribution in [0.4, 0.5) is 5.69 Å². The van der Waals surface area contributed by atoms with E-state index in [1.807, 2.05) is 0 Å². The lowest BCUT2D eigenvalue weighted by Crippen LogP contribution is -2.48. The molecule has 0 saturated carbocycles. The monoisotopic (exact) mass is 424 g/mol. The first-order valence-electron chi connectivity index (χ1n) is 8.07. The first kappa shape index (κ1) is 18.2. The van der Waals surface area contributed by atoms with Crippen molar-refractivity contribution in [2.75, 3.05) is 38.2 Å². The number of hydrogen-bond donors (Lipinski definition) is 0. The van der Waals surface area contributed by atoms with Gasteiger partial charge in [0.25, 0.3) is 0 Å². The van der Waals surface area contributed by atoms with Crippen molar-refractivity contribution in [3.8, 4) is 5.75 Å². The van der Waals surface area contributed by atoms with Crippen LogP contribution >= 0.6 is 15.9 Å². The molecule has 1 heterocycles. The summed E-state index contributed by atoms with van der Waals surface area (Å²) in [5.41, 5.74) is 2.34. The van der Waals surface area contributed by atoms with Gasteiger partial charge >= 0.3 is 0 Å². The van der Waals surface area contributed by atoms with E-state index in [9.17, 15) is 8.42 Å². The molecule has 7 heteroatoms. The number of halogens is 1. The molecule has 1 saturated heterocycles. The van der Waals surface area contributed by atoms with E-state index >= 15 is 0 Å². The Morgan fingerprint density at radius 1 is 1.00 bits per heavy atom. The average molecular weight is 425 g/mol. The van der Waals surface area contributed by atoms with Crippen molar-refractivity contribution >= 4 is 31.6 Å². The van der Waals surface area contributed by atoms with E-state index in [0.717, 1.165) is 5.69 Å². The van der Waals surface area contributed by atoms with E-state index in [2.05, 4.69) is 52.0 Å². The summed E-state index contributed by atoms with van der Waals surface area (Å²) < 4.78 is 33.5. The van der Waals surface area contributed by atoms with Crippen LogP contribution in [0, 0.1) is 6.92 Å². The van der Waals surface area contributed by atoms with E-state index in [4.69, 9.17) is 4.74 Å². The normalized spacial score (nSPS) is 16.0. The number of benzene rings is 2. The van der Waals surface area contributed by atoms with Gasteiger partial charge in [-0.25, -0.2) is 8.42 Å². The van der Waals surface area contributed by atoms with Gasteiger partial charge in [0.15, 0.2) is 0 Å². The fraction of sp³-hybridized carbons (Fsp3) is 0.333. The van der Waals surface area contributed by atoms with Crippen LogP contribution in [-0.4, -0.2) is 46.0 Å². The molecule has 0 N–H and O–H groups in total. The standard InChI is InChI=1S/C18H21BrN2O3S/c1-14-3-6-16(7-4-14)20-9-11-21(12-10-20)25(22,23)18-13-15(19)5-8-17(18)24-2/h3-8,13H,9-12H2,1-2H3. The van der Waals surface area contributed by atoms with E-state index in [0.29, 0.717) is 36.4 Å². The summed E-state index contributed by atoms with van der Waals surface area (Å²) in [5, 5.41) is 0. The Morgan fingerprint density at radius 3 is 2.24 bits per heavy atom. The molecule has 0 aliphatic carbocycles. The van der Waals surface area contributed by atoms with Gasteiger partial charge in [0.1, 0.15) is 10.6 Å². The van der Waals surface area contributed by atoms with Gasteiger partial charge in [0.05, 0.1) is 7.11 Å². The van der Waals surface area contributed by atoms with Gasteiger partial charge in [0, 0.05) is 36.3 Å². The van der Waals surface area contributed by atoms with E-state index in [1.165, 1.54) is 17.0 Å². The number of rotatable bonds is 4. The van der Waals surface area contributed by atoms with Gasteiger partial charge in [-0.3, -0.25) is 0 Å². The predicted molar refractivity (Wildman–Crippen MR) is 103 cm³/mol. The van der Waals surface area contributed by atoms with Crippen molar-refractivity contribution in [2.24, 2.45) is 0 Å². The van der Waals surface area contributed by atoms with Crippen molar-refractivity contribution in [1.29, 1.82) is 0 Å². The minimum absolute atomic E-state index is 0.202. The van der Waals surface area contributed by atoms with Gasteiger partial charge in [-0.1, -0.05) is 33.6 Å². The maximum absolute atomic E-state index is 13.0. The molecule has 2 aromatic rings. The highest BCUT2D eigenvalue weighted by atomic mass is 79.9. The molecular weight excluding hydrogens is 404 g/mol. The van der Waals surface area contributed by atoms with Gasteiger partial charge in [-0.05, 0) is 37.3 Å². The topological polar surface area (TPSA) is 49.9 Å². The zero-order chi connectivity index (χ0) is 18.0. The Labute approximate surface area is 157 Å². The van der Waals surface area contributed by atoms with E-state index < -0.39 is 10.0 Å². The van der Waals surface area contributed by atoms with Crippen molar-refractivity contribution in [3.05, 3.63) is 52.5 Å². The van der Waals surface area contributed by atoms with E-state index in [-0.39, 0.29) is 4.90 Å². The van der Waals surface area contributed by atoms with Crippen LogP contribution < -0.4 is 9.64 Å². The van der Waals surface area contributed by atoms with Gasteiger partial charge in [-0.2, -0.15) is 4.31 Å². The van der Waals surface area contributed by atoms with Gasteiger partial charge in [-0.15, -0.1) is 0 Å². The second-order valence-corrected chi connectivity index (χ2v) is 8.84. The second kappa shape index (κ2) is 7.35. The maximum Gasteiger partial charge on any atom is 0.246 e.